The van der Waals surface area contributed by atoms with Gasteiger partial charge in [-0.2, -0.15) is 0 Å². The molecule has 1 aromatic carbocycles. The number of aliphatic hydroxyl groups excluding tert-OH is 1. The quantitative estimate of drug-likeness (QED) is 0.343. The van der Waals surface area contributed by atoms with Crippen LogP contribution in [-0.2, 0) is 9.59 Å². The summed E-state index contributed by atoms with van der Waals surface area (Å²) >= 11 is 0. The third-order valence-electron chi connectivity index (χ3n) is 4.91. The van der Waals surface area contributed by atoms with Gasteiger partial charge in [-0.3, -0.25) is 14.6 Å². The van der Waals surface area contributed by atoms with Crippen molar-refractivity contribution in [3.05, 3.63) is 65.5 Å². The molecule has 1 saturated heterocycles. The second kappa shape index (κ2) is 8.69. The number of rotatable bonds is 7. The number of amides is 1. The fourth-order valence-electron chi connectivity index (χ4n) is 3.46. The number of pyridine rings is 1. The first-order chi connectivity index (χ1) is 13.6. The minimum absolute atomic E-state index is 0.0981. The highest BCUT2D eigenvalue weighted by molar-refractivity contribution is 6.46. The number of hydrogen-bond donors (Lipinski definition) is 1. The van der Waals surface area contributed by atoms with E-state index in [1.807, 2.05) is 0 Å². The maximum Gasteiger partial charge on any atom is 0.295 e. The van der Waals surface area contributed by atoms with Crippen molar-refractivity contribution in [1.29, 1.82) is 0 Å². The molecule has 1 aromatic heterocycles. The Hall–Kier alpha value is -3.15. The molecule has 0 saturated carbocycles. The van der Waals surface area contributed by atoms with E-state index in [1.54, 1.807) is 53.7 Å². The molecule has 1 aliphatic heterocycles. The Kier molecular flexibility index (Phi) is 6.09. The summed E-state index contributed by atoms with van der Waals surface area (Å²) in [5.41, 5.74) is 1.28. The molecule has 0 aliphatic carbocycles. The predicted octanol–water partition coefficient (Wildman–Crippen LogP) is 3.70. The lowest BCUT2D eigenvalue weighted by Gasteiger charge is -2.25. The normalized spacial score (nSPS) is 18.5. The van der Waals surface area contributed by atoms with Crippen molar-refractivity contribution in [2.45, 2.75) is 32.2 Å². The summed E-state index contributed by atoms with van der Waals surface area (Å²) < 4.78 is 5.21. The number of likely N-dealkylation sites (tertiary alicyclic amines) is 1. The van der Waals surface area contributed by atoms with Crippen molar-refractivity contribution in [2.75, 3.05) is 13.7 Å². The van der Waals surface area contributed by atoms with E-state index in [0.717, 1.165) is 24.8 Å². The Morgan fingerprint density at radius 2 is 1.93 bits per heavy atom. The topological polar surface area (TPSA) is 79.7 Å². The zero-order chi connectivity index (χ0) is 20.1. The molecule has 1 N–H and O–H groups in total. The van der Waals surface area contributed by atoms with Gasteiger partial charge < -0.3 is 14.7 Å². The lowest BCUT2D eigenvalue weighted by Crippen LogP contribution is -2.30. The zero-order valence-corrected chi connectivity index (χ0v) is 16.1. The molecule has 2 heterocycles. The van der Waals surface area contributed by atoms with E-state index >= 15 is 0 Å². The number of methoxy groups -OCH3 is 1. The molecule has 0 bridgehead atoms. The number of hydrogen-bond acceptors (Lipinski definition) is 5. The van der Waals surface area contributed by atoms with Gasteiger partial charge in [-0.15, -0.1) is 0 Å². The highest BCUT2D eigenvalue weighted by atomic mass is 16.5. The van der Waals surface area contributed by atoms with Gasteiger partial charge >= 0.3 is 0 Å². The second-order valence-corrected chi connectivity index (χ2v) is 6.71. The molecular weight excluding hydrogens is 356 g/mol. The molecule has 1 aliphatic rings. The van der Waals surface area contributed by atoms with Gasteiger partial charge in [0.1, 0.15) is 11.5 Å². The number of nitrogens with zero attached hydrogens (tertiary/aromatic N) is 2. The Labute approximate surface area is 164 Å². The molecule has 1 atom stereocenters. The minimum Gasteiger partial charge on any atom is -0.507 e. The molecule has 6 heteroatoms. The second-order valence-electron chi connectivity index (χ2n) is 6.71. The van der Waals surface area contributed by atoms with Gasteiger partial charge in [0.15, 0.2) is 0 Å². The molecule has 1 unspecified atom stereocenters. The summed E-state index contributed by atoms with van der Waals surface area (Å²) in [6.45, 7) is 2.54. The van der Waals surface area contributed by atoms with Crippen molar-refractivity contribution < 1.29 is 19.4 Å². The van der Waals surface area contributed by atoms with E-state index in [4.69, 9.17) is 4.74 Å². The van der Waals surface area contributed by atoms with Crippen LogP contribution in [0.25, 0.3) is 5.76 Å². The third kappa shape index (κ3) is 3.76. The number of aromatic nitrogens is 1. The largest absolute Gasteiger partial charge is 0.507 e. The van der Waals surface area contributed by atoms with Crippen LogP contribution in [0.2, 0.25) is 0 Å². The van der Waals surface area contributed by atoms with Crippen LogP contribution in [0.5, 0.6) is 5.75 Å². The van der Waals surface area contributed by atoms with Gasteiger partial charge in [0.05, 0.1) is 18.7 Å². The first-order valence-electron chi connectivity index (χ1n) is 9.41. The van der Waals surface area contributed by atoms with Crippen molar-refractivity contribution in [3.8, 4) is 5.75 Å². The van der Waals surface area contributed by atoms with Crippen molar-refractivity contribution in [1.82, 2.24) is 9.88 Å². The van der Waals surface area contributed by atoms with Gasteiger partial charge in [0.2, 0.25) is 0 Å². The van der Waals surface area contributed by atoms with Crippen LogP contribution >= 0.6 is 0 Å². The average molecular weight is 380 g/mol. The van der Waals surface area contributed by atoms with Crippen LogP contribution in [-0.4, -0.2) is 40.3 Å². The number of ether oxygens (including phenoxy) is 1. The van der Waals surface area contributed by atoms with Crippen LogP contribution in [0.15, 0.2) is 54.4 Å². The van der Waals surface area contributed by atoms with Gasteiger partial charge in [-0.25, -0.2) is 0 Å². The molecule has 2 aromatic rings. The SMILES string of the molecule is CCCCCN1C(=O)C(=O)/C(=C(\O)c2cccc(OC)c2)C1c1ccncc1. The van der Waals surface area contributed by atoms with Crippen molar-refractivity contribution >= 4 is 17.4 Å². The Morgan fingerprint density at radius 3 is 2.61 bits per heavy atom. The maximum absolute atomic E-state index is 12.8. The summed E-state index contributed by atoms with van der Waals surface area (Å²) in [5, 5.41) is 11.0. The lowest BCUT2D eigenvalue weighted by molar-refractivity contribution is -0.139. The van der Waals surface area contributed by atoms with E-state index in [1.165, 1.54) is 7.11 Å². The fourth-order valence-corrected chi connectivity index (χ4v) is 3.46. The standard InChI is InChI=1S/C22H24N2O4/c1-3-4-5-13-24-19(15-9-11-23-12-10-15)18(21(26)22(24)27)20(25)16-7-6-8-17(14-16)28-2/h6-12,14,19,25H,3-5,13H2,1-2H3/b20-18-. The molecule has 0 radical (unpaired) electrons. The minimum atomic E-state index is -0.668. The summed E-state index contributed by atoms with van der Waals surface area (Å²) in [5.74, 6) is -0.889. The van der Waals surface area contributed by atoms with Gasteiger partial charge in [-0.1, -0.05) is 31.9 Å². The van der Waals surface area contributed by atoms with Gasteiger partial charge in [-0.05, 0) is 36.2 Å². The molecule has 0 spiro atoms. The Balaban J connectivity index is 2.10. The number of carbonyl (C=O) groups excluding carboxylic acids is 2. The molecule has 28 heavy (non-hydrogen) atoms. The van der Waals surface area contributed by atoms with Gasteiger partial charge in [0, 0.05) is 24.5 Å². The Morgan fingerprint density at radius 1 is 1.18 bits per heavy atom. The number of carbonyl (C=O) groups is 2. The van der Waals surface area contributed by atoms with Crippen molar-refractivity contribution in [3.63, 3.8) is 0 Å². The molecule has 146 valence electrons. The Bertz CT molecular complexity index is 892. The lowest BCUT2D eigenvalue weighted by atomic mass is 9.96. The summed E-state index contributed by atoms with van der Waals surface area (Å²) in [6, 6.07) is 9.71. The average Bonchev–Trinajstić information content (AvgIpc) is 2.99. The highest BCUT2D eigenvalue weighted by Crippen LogP contribution is 2.39. The van der Waals surface area contributed by atoms with Crippen LogP contribution < -0.4 is 4.74 Å². The number of ketones is 1. The van der Waals surface area contributed by atoms with Crippen LogP contribution in [0.4, 0.5) is 0 Å². The van der Waals surface area contributed by atoms with E-state index in [9.17, 15) is 14.7 Å². The zero-order valence-electron chi connectivity index (χ0n) is 16.1. The molecule has 6 nitrogen and oxygen atoms in total. The number of benzene rings is 1. The first-order valence-corrected chi connectivity index (χ1v) is 9.41. The van der Waals surface area contributed by atoms with E-state index in [2.05, 4.69) is 11.9 Å². The molecule has 1 amide bonds. The van der Waals surface area contributed by atoms with Gasteiger partial charge in [0.25, 0.3) is 11.7 Å². The van der Waals surface area contributed by atoms with E-state index < -0.39 is 17.7 Å². The van der Waals surface area contributed by atoms with Crippen LogP contribution in [0.3, 0.4) is 0 Å². The van der Waals surface area contributed by atoms with Crippen LogP contribution in [0.1, 0.15) is 43.4 Å². The van der Waals surface area contributed by atoms with E-state index in [0.29, 0.717) is 17.9 Å². The first kappa shape index (κ1) is 19.6. The summed E-state index contributed by atoms with van der Waals surface area (Å²) in [4.78, 5) is 31.2. The maximum atomic E-state index is 12.8. The summed E-state index contributed by atoms with van der Waals surface area (Å²) in [7, 11) is 1.53. The van der Waals surface area contributed by atoms with E-state index in [-0.39, 0.29) is 11.3 Å². The third-order valence-corrected chi connectivity index (χ3v) is 4.91. The van der Waals surface area contributed by atoms with Crippen molar-refractivity contribution in [2.24, 2.45) is 0 Å². The monoisotopic (exact) mass is 380 g/mol. The summed E-state index contributed by atoms with van der Waals surface area (Å²) in [6.07, 6.45) is 6.00. The molecule has 1 fully saturated rings. The highest BCUT2D eigenvalue weighted by Gasteiger charge is 2.45. The predicted molar refractivity (Wildman–Crippen MR) is 106 cm³/mol. The fraction of sp³-hybridized carbons (Fsp3) is 0.318. The number of Topliss-reactive ketones (excluding diaryl/α,β-unsaturated/α-hetero) is 1. The number of unbranched alkanes of at least 4 members (excludes halogenated alkanes) is 2. The molecular formula is C22H24N2O4. The smallest absolute Gasteiger partial charge is 0.295 e. The van der Waals surface area contributed by atoms with Crippen LogP contribution in [0, 0.1) is 0 Å². The molecule has 3 rings (SSSR count). The number of aliphatic hydroxyl groups is 1.